The molecular weight excluding hydrogens is 228 g/mol. The summed E-state index contributed by atoms with van der Waals surface area (Å²) in [5.74, 6) is 1.94. The molecule has 1 rings (SSSR count). The lowest BCUT2D eigenvalue weighted by Crippen LogP contribution is -2.28. The summed E-state index contributed by atoms with van der Waals surface area (Å²) in [6.07, 6.45) is 1.10. The van der Waals surface area contributed by atoms with Gasteiger partial charge in [-0.1, -0.05) is 0 Å². The fraction of sp³-hybridized carbons (Fsp3) is 0.667. The lowest BCUT2D eigenvalue weighted by Gasteiger charge is -2.23. The Morgan fingerprint density at radius 2 is 2.00 bits per heavy atom. The standard InChI is InChI=1S/C12H24N6/c1-5-18(8-6-7-17(3)4)11-9-10(14-2)15-12(13)16-11/h9H,5-8H2,1-4H3,(H3,13,14,15,16). The van der Waals surface area contributed by atoms with Crippen LogP contribution in [0.5, 0.6) is 0 Å². The maximum absolute atomic E-state index is 5.71. The van der Waals surface area contributed by atoms with Gasteiger partial charge in [0, 0.05) is 26.2 Å². The molecule has 18 heavy (non-hydrogen) atoms. The van der Waals surface area contributed by atoms with E-state index in [4.69, 9.17) is 5.73 Å². The first-order valence-electron chi connectivity index (χ1n) is 6.28. The second-order valence-corrected chi connectivity index (χ2v) is 4.46. The minimum Gasteiger partial charge on any atom is -0.373 e. The van der Waals surface area contributed by atoms with E-state index in [-0.39, 0.29) is 0 Å². The molecule has 0 aliphatic carbocycles. The first kappa shape index (κ1) is 14.5. The molecule has 0 bridgehead atoms. The zero-order chi connectivity index (χ0) is 13.5. The Morgan fingerprint density at radius 1 is 1.28 bits per heavy atom. The predicted molar refractivity (Wildman–Crippen MR) is 77.0 cm³/mol. The van der Waals surface area contributed by atoms with E-state index in [1.54, 1.807) is 0 Å². The highest BCUT2D eigenvalue weighted by Gasteiger charge is 2.08. The van der Waals surface area contributed by atoms with Crippen LogP contribution in [-0.4, -0.2) is 55.6 Å². The molecule has 0 radical (unpaired) electrons. The first-order chi connectivity index (χ1) is 8.56. The molecule has 0 aliphatic heterocycles. The zero-order valence-corrected chi connectivity index (χ0v) is 11.8. The Labute approximate surface area is 109 Å². The highest BCUT2D eigenvalue weighted by atomic mass is 15.2. The van der Waals surface area contributed by atoms with Crippen molar-refractivity contribution < 1.29 is 0 Å². The van der Waals surface area contributed by atoms with Crippen molar-refractivity contribution in [2.75, 3.05) is 56.7 Å². The van der Waals surface area contributed by atoms with E-state index >= 15 is 0 Å². The van der Waals surface area contributed by atoms with E-state index < -0.39 is 0 Å². The van der Waals surface area contributed by atoms with Crippen LogP contribution in [0.15, 0.2) is 6.07 Å². The maximum atomic E-state index is 5.71. The molecule has 1 heterocycles. The lowest BCUT2D eigenvalue weighted by molar-refractivity contribution is 0.400. The molecule has 6 heteroatoms. The third-order valence-corrected chi connectivity index (χ3v) is 2.73. The van der Waals surface area contributed by atoms with Crippen molar-refractivity contribution in [1.29, 1.82) is 0 Å². The summed E-state index contributed by atoms with van der Waals surface area (Å²) in [5, 5.41) is 3.00. The molecule has 0 amide bonds. The summed E-state index contributed by atoms with van der Waals surface area (Å²) in [6.45, 7) is 5.06. The van der Waals surface area contributed by atoms with Crippen molar-refractivity contribution in [1.82, 2.24) is 14.9 Å². The minimum atomic E-state index is 0.308. The van der Waals surface area contributed by atoms with E-state index in [0.29, 0.717) is 5.95 Å². The normalized spacial score (nSPS) is 10.7. The van der Waals surface area contributed by atoms with Gasteiger partial charge in [0.1, 0.15) is 11.6 Å². The van der Waals surface area contributed by atoms with Crippen LogP contribution < -0.4 is 16.0 Å². The van der Waals surface area contributed by atoms with E-state index in [1.165, 1.54) is 0 Å². The third-order valence-electron chi connectivity index (χ3n) is 2.73. The molecule has 3 N–H and O–H groups in total. The number of rotatable bonds is 7. The average molecular weight is 252 g/mol. The fourth-order valence-corrected chi connectivity index (χ4v) is 1.76. The smallest absolute Gasteiger partial charge is 0.223 e. The van der Waals surface area contributed by atoms with E-state index in [0.717, 1.165) is 37.7 Å². The maximum Gasteiger partial charge on any atom is 0.223 e. The Morgan fingerprint density at radius 3 is 2.56 bits per heavy atom. The summed E-state index contributed by atoms with van der Waals surface area (Å²) in [6, 6.07) is 1.93. The molecule has 0 saturated heterocycles. The van der Waals surface area contributed by atoms with Gasteiger partial charge in [-0.2, -0.15) is 9.97 Å². The van der Waals surface area contributed by atoms with Crippen LogP contribution in [0.2, 0.25) is 0 Å². The van der Waals surface area contributed by atoms with E-state index in [2.05, 4.69) is 46.1 Å². The van der Waals surface area contributed by atoms with Crippen LogP contribution in [0.25, 0.3) is 0 Å². The van der Waals surface area contributed by atoms with Crippen LogP contribution in [0, 0.1) is 0 Å². The summed E-state index contributed by atoms with van der Waals surface area (Å²) < 4.78 is 0. The zero-order valence-electron chi connectivity index (χ0n) is 11.8. The minimum absolute atomic E-state index is 0.308. The molecule has 0 aliphatic rings. The molecule has 0 unspecified atom stereocenters. The van der Waals surface area contributed by atoms with Gasteiger partial charge in [0.2, 0.25) is 5.95 Å². The Balaban J connectivity index is 2.71. The summed E-state index contributed by atoms with van der Waals surface area (Å²) in [5.41, 5.74) is 5.71. The highest BCUT2D eigenvalue weighted by Crippen LogP contribution is 2.16. The molecule has 0 saturated carbocycles. The van der Waals surface area contributed by atoms with Gasteiger partial charge in [-0.05, 0) is 34.0 Å². The van der Waals surface area contributed by atoms with Crippen LogP contribution in [0.1, 0.15) is 13.3 Å². The van der Waals surface area contributed by atoms with Crippen molar-refractivity contribution in [2.24, 2.45) is 0 Å². The SMILES string of the molecule is CCN(CCCN(C)C)c1cc(NC)nc(N)n1. The number of nitrogens with two attached hydrogens (primary N) is 1. The number of anilines is 3. The quantitative estimate of drug-likeness (QED) is 0.750. The summed E-state index contributed by atoms with van der Waals surface area (Å²) in [4.78, 5) is 12.8. The van der Waals surface area contributed by atoms with Crippen molar-refractivity contribution in [3.05, 3.63) is 6.07 Å². The van der Waals surface area contributed by atoms with Gasteiger partial charge in [-0.15, -0.1) is 0 Å². The number of nitrogens with zero attached hydrogens (tertiary/aromatic N) is 4. The molecule has 0 spiro atoms. The van der Waals surface area contributed by atoms with Crippen molar-refractivity contribution in [2.45, 2.75) is 13.3 Å². The van der Waals surface area contributed by atoms with Gasteiger partial charge in [0.25, 0.3) is 0 Å². The van der Waals surface area contributed by atoms with Gasteiger partial charge in [-0.25, -0.2) is 0 Å². The number of hydrogen-bond donors (Lipinski definition) is 2. The Hall–Kier alpha value is -1.56. The number of nitrogen functional groups attached to an aromatic ring is 1. The Kier molecular flexibility index (Phi) is 5.64. The van der Waals surface area contributed by atoms with Gasteiger partial charge in [-0.3, -0.25) is 0 Å². The molecule has 1 aromatic rings. The highest BCUT2D eigenvalue weighted by molar-refractivity contribution is 5.52. The lowest BCUT2D eigenvalue weighted by atomic mass is 10.3. The van der Waals surface area contributed by atoms with Gasteiger partial charge in [0.15, 0.2) is 0 Å². The molecule has 0 fully saturated rings. The fourth-order valence-electron chi connectivity index (χ4n) is 1.76. The van der Waals surface area contributed by atoms with E-state index in [1.807, 2.05) is 13.1 Å². The second kappa shape index (κ2) is 7.00. The van der Waals surface area contributed by atoms with Crippen molar-refractivity contribution in [3.8, 4) is 0 Å². The van der Waals surface area contributed by atoms with Crippen molar-refractivity contribution >= 4 is 17.6 Å². The van der Waals surface area contributed by atoms with Gasteiger partial charge in [0.05, 0.1) is 0 Å². The second-order valence-electron chi connectivity index (χ2n) is 4.46. The topological polar surface area (TPSA) is 70.3 Å². The number of hydrogen-bond acceptors (Lipinski definition) is 6. The van der Waals surface area contributed by atoms with E-state index in [9.17, 15) is 0 Å². The van der Waals surface area contributed by atoms with Crippen LogP contribution in [-0.2, 0) is 0 Å². The molecule has 1 aromatic heterocycles. The first-order valence-corrected chi connectivity index (χ1v) is 6.28. The monoisotopic (exact) mass is 252 g/mol. The summed E-state index contributed by atoms with van der Waals surface area (Å²) >= 11 is 0. The molecule has 102 valence electrons. The predicted octanol–water partition coefficient (Wildman–Crippen LogP) is 0.879. The van der Waals surface area contributed by atoms with Gasteiger partial charge >= 0.3 is 0 Å². The number of nitrogens with one attached hydrogen (secondary N) is 1. The van der Waals surface area contributed by atoms with Crippen molar-refractivity contribution in [3.63, 3.8) is 0 Å². The molecule has 0 atom stereocenters. The number of aromatic nitrogens is 2. The third kappa shape index (κ3) is 4.37. The van der Waals surface area contributed by atoms with Crippen LogP contribution >= 0.6 is 0 Å². The van der Waals surface area contributed by atoms with Crippen LogP contribution in [0.4, 0.5) is 17.6 Å². The Bertz CT molecular complexity index is 366. The molecule has 0 aromatic carbocycles. The molecular formula is C12H24N6. The van der Waals surface area contributed by atoms with Gasteiger partial charge < -0.3 is 20.9 Å². The van der Waals surface area contributed by atoms with Crippen LogP contribution in [0.3, 0.4) is 0 Å². The average Bonchev–Trinajstić information content (AvgIpc) is 2.33. The largest absolute Gasteiger partial charge is 0.373 e. The summed E-state index contributed by atoms with van der Waals surface area (Å²) in [7, 11) is 5.99. The molecule has 6 nitrogen and oxygen atoms in total.